The van der Waals surface area contributed by atoms with Crippen molar-refractivity contribution in [2.75, 3.05) is 24.5 Å². The van der Waals surface area contributed by atoms with Crippen molar-refractivity contribution in [3.8, 4) is 0 Å². The average molecular weight is 478 g/mol. The molecular formula is C18H20BrClF2N4O2. The van der Waals surface area contributed by atoms with Crippen LogP contribution in [0.3, 0.4) is 0 Å². The lowest BCUT2D eigenvalue weighted by Crippen LogP contribution is -2.54. The normalized spacial score (nSPS) is 17.9. The van der Waals surface area contributed by atoms with E-state index in [1.807, 2.05) is 11.8 Å². The van der Waals surface area contributed by atoms with Crippen molar-refractivity contribution in [3.63, 3.8) is 0 Å². The fraction of sp³-hybridized carbons (Fsp3) is 0.500. The van der Waals surface area contributed by atoms with Gasteiger partial charge in [-0.15, -0.1) is 0 Å². The molecule has 28 heavy (non-hydrogen) atoms. The van der Waals surface area contributed by atoms with Crippen LogP contribution in [-0.2, 0) is 4.74 Å². The zero-order valence-electron chi connectivity index (χ0n) is 15.9. The van der Waals surface area contributed by atoms with Gasteiger partial charge in [0.25, 0.3) is 0 Å². The number of hydrogen-bond donors (Lipinski definition) is 0. The number of ether oxygens (including phenoxy) is 1. The number of piperazine rings is 1. The van der Waals surface area contributed by atoms with Crippen LogP contribution in [0.4, 0.5) is 19.4 Å². The summed E-state index contributed by atoms with van der Waals surface area (Å²) in [4.78, 5) is 23.9. The number of amides is 1. The molecule has 1 amide bonds. The molecule has 1 aliphatic rings. The molecule has 3 rings (SSSR count). The summed E-state index contributed by atoms with van der Waals surface area (Å²) >= 11 is 8.88. The zero-order valence-corrected chi connectivity index (χ0v) is 18.2. The Kier molecular flexibility index (Phi) is 5.69. The summed E-state index contributed by atoms with van der Waals surface area (Å²) in [6.45, 7) is 8.47. The van der Waals surface area contributed by atoms with Crippen molar-refractivity contribution < 1.29 is 18.3 Å². The molecule has 1 aromatic heterocycles. The van der Waals surface area contributed by atoms with Crippen molar-refractivity contribution >= 4 is 50.3 Å². The first-order valence-electron chi connectivity index (χ1n) is 8.73. The smallest absolute Gasteiger partial charge is 0.410 e. The molecule has 0 spiro atoms. The van der Waals surface area contributed by atoms with E-state index < -0.39 is 23.3 Å². The Morgan fingerprint density at radius 3 is 2.61 bits per heavy atom. The fourth-order valence-electron chi connectivity index (χ4n) is 3.11. The molecule has 0 unspecified atom stereocenters. The zero-order chi connectivity index (χ0) is 20.8. The van der Waals surface area contributed by atoms with Crippen LogP contribution < -0.4 is 4.90 Å². The highest BCUT2D eigenvalue weighted by Crippen LogP contribution is 2.34. The summed E-state index contributed by atoms with van der Waals surface area (Å²) in [5, 5.41) is 0.0850. The second-order valence-electron chi connectivity index (χ2n) is 7.67. The molecule has 1 aliphatic heterocycles. The van der Waals surface area contributed by atoms with Gasteiger partial charge in [0, 0.05) is 31.1 Å². The molecule has 6 nitrogen and oxygen atoms in total. The van der Waals surface area contributed by atoms with Gasteiger partial charge < -0.3 is 14.5 Å². The number of anilines is 1. The van der Waals surface area contributed by atoms with Crippen LogP contribution in [0.25, 0.3) is 10.9 Å². The first kappa shape index (κ1) is 21.0. The Balaban J connectivity index is 1.93. The molecule has 0 bridgehead atoms. The molecule has 2 aromatic rings. The van der Waals surface area contributed by atoms with E-state index in [0.29, 0.717) is 25.5 Å². The number of nitrogens with zero attached hydrogens (tertiary/aromatic N) is 4. The molecule has 2 heterocycles. The van der Waals surface area contributed by atoms with Gasteiger partial charge in [-0.05, 0) is 61.3 Å². The lowest BCUT2D eigenvalue weighted by molar-refractivity contribution is 0.0218. The summed E-state index contributed by atoms with van der Waals surface area (Å²) in [5.74, 6) is -1.26. The average Bonchev–Trinajstić information content (AvgIpc) is 2.58. The third kappa shape index (κ3) is 4.15. The van der Waals surface area contributed by atoms with E-state index in [0.717, 1.165) is 0 Å². The SMILES string of the molecule is C[C@H]1CN(C(=O)OC(C)(C)C)CCN1c1nc(Cl)nc2c(F)c(Br)c(F)cc12. The van der Waals surface area contributed by atoms with Gasteiger partial charge in [-0.1, -0.05) is 0 Å². The van der Waals surface area contributed by atoms with Gasteiger partial charge in [0.15, 0.2) is 5.82 Å². The van der Waals surface area contributed by atoms with E-state index in [-0.39, 0.29) is 26.7 Å². The standard InChI is InChI=1S/C18H20BrClF2N4O2/c1-9-8-25(17(27)28-18(2,3)4)5-6-26(9)15-10-7-11(21)12(19)13(22)14(10)23-16(20)24-15/h7,9H,5-6,8H2,1-4H3/t9-/m0/s1. The monoisotopic (exact) mass is 476 g/mol. The Morgan fingerprint density at radius 2 is 2.00 bits per heavy atom. The molecule has 1 aromatic carbocycles. The van der Waals surface area contributed by atoms with Crippen molar-refractivity contribution in [3.05, 3.63) is 27.5 Å². The van der Waals surface area contributed by atoms with E-state index in [4.69, 9.17) is 16.3 Å². The molecule has 10 heteroatoms. The van der Waals surface area contributed by atoms with Crippen molar-refractivity contribution in [1.29, 1.82) is 0 Å². The summed E-state index contributed by atoms with van der Waals surface area (Å²) in [7, 11) is 0. The predicted octanol–water partition coefficient (Wildman–Crippen LogP) is 4.77. The number of carbonyl (C=O) groups excluding carboxylic acids is 1. The number of benzene rings is 1. The first-order chi connectivity index (χ1) is 13.0. The second kappa shape index (κ2) is 7.59. The number of carbonyl (C=O) groups is 1. The Bertz CT molecular complexity index is 938. The summed E-state index contributed by atoms with van der Waals surface area (Å²) in [6.07, 6.45) is -0.398. The molecule has 1 atom stereocenters. The van der Waals surface area contributed by atoms with Crippen molar-refractivity contribution in [1.82, 2.24) is 14.9 Å². The highest BCUT2D eigenvalue weighted by atomic mass is 79.9. The molecule has 0 N–H and O–H groups in total. The summed E-state index contributed by atoms with van der Waals surface area (Å²) < 4.78 is 33.7. The topological polar surface area (TPSA) is 58.6 Å². The number of rotatable bonds is 1. The lowest BCUT2D eigenvalue weighted by Gasteiger charge is -2.41. The maximum Gasteiger partial charge on any atom is 0.410 e. The minimum absolute atomic E-state index is 0.0648. The number of aromatic nitrogens is 2. The molecule has 152 valence electrons. The lowest BCUT2D eigenvalue weighted by atomic mass is 10.1. The third-order valence-corrected chi connectivity index (χ3v) is 5.23. The van der Waals surface area contributed by atoms with Gasteiger partial charge in [0.05, 0.1) is 4.47 Å². The number of fused-ring (bicyclic) bond motifs is 1. The van der Waals surface area contributed by atoms with Crippen molar-refractivity contribution in [2.45, 2.75) is 39.3 Å². The van der Waals surface area contributed by atoms with Crippen LogP contribution in [0.15, 0.2) is 10.5 Å². The largest absolute Gasteiger partial charge is 0.444 e. The third-order valence-electron chi connectivity index (χ3n) is 4.33. The predicted molar refractivity (Wildman–Crippen MR) is 107 cm³/mol. The molecular weight excluding hydrogens is 458 g/mol. The molecule has 1 fully saturated rings. The minimum Gasteiger partial charge on any atom is -0.444 e. The molecule has 0 saturated carbocycles. The van der Waals surface area contributed by atoms with Crippen LogP contribution in [0.2, 0.25) is 5.28 Å². The minimum atomic E-state index is -0.833. The van der Waals surface area contributed by atoms with Gasteiger partial charge in [-0.25, -0.2) is 18.6 Å². The maximum atomic E-state index is 14.5. The van der Waals surface area contributed by atoms with Gasteiger partial charge in [-0.3, -0.25) is 0 Å². The van der Waals surface area contributed by atoms with E-state index >= 15 is 0 Å². The van der Waals surface area contributed by atoms with Gasteiger partial charge in [0.2, 0.25) is 5.28 Å². The number of hydrogen-bond acceptors (Lipinski definition) is 5. The Hall–Kier alpha value is -1.74. The van der Waals surface area contributed by atoms with E-state index in [1.54, 1.807) is 25.7 Å². The van der Waals surface area contributed by atoms with Crippen LogP contribution in [0, 0.1) is 11.6 Å². The first-order valence-corrected chi connectivity index (χ1v) is 9.90. The Morgan fingerprint density at radius 1 is 1.32 bits per heavy atom. The molecule has 0 radical (unpaired) electrons. The van der Waals surface area contributed by atoms with Crippen LogP contribution in [0.1, 0.15) is 27.7 Å². The van der Waals surface area contributed by atoms with Crippen molar-refractivity contribution in [2.24, 2.45) is 0 Å². The highest BCUT2D eigenvalue weighted by Gasteiger charge is 2.32. The number of halogens is 4. The van der Waals surface area contributed by atoms with Gasteiger partial charge in [-0.2, -0.15) is 4.98 Å². The van der Waals surface area contributed by atoms with Gasteiger partial charge in [0.1, 0.15) is 22.8 Å². The fourth-order valence-corrected chi connectivity index (χ4v) is 3.58. The second-order valence-corrected chi connectivity index (χ2v) is 8.80. The summed E-state index contributed by atoms with van der Waals surface area (Å²) in [6, 6.07) is 1.01. The van der Waals surface area contributed by atoms with Crippen LogP contribution in [0.5, 0.6) is 0 Å². The highest BCUT2D eigenvalue weighted by molar-refractivity contribution is 9.10. The summed E-state index contributed by atoms with van der Waals surface area (Å²) in [5.41, 5.74) is -0.652. The van der Waals surface area contributed by atoms with E-state index in [1.165, 1.54) is 6.07 Å². The Labute approximate surface area is 174 Å². The molecule has 0 aliphatic carbocycles. The van der Waals surface area contributed by atoms with E-state index in [2.05, 4.69) is 25.9 Å². The van der Waals surface area contributed by atoms with E-state index in [9.17, 15) is 13.6 Å². The quantitative estimate of drug-likeness (QED) is 0.437. The van der Waals surface area contributed by atoms with Gasteiger partial charge >= 0.3 is 6.09 Å². The van der Waals surface area contributed by atoms with Crippen LogP contribution >= 0.6 is 27.5 Å². The molecule has 1 saturated heterocycles. The maximum absolute atomic E-state index is 14.5. The van der Waals surface area contributed by atoms with Crippen LogP contribution in [-0.4, -0.2) is 52.2 Å².